The molecule has 2 N–H and O–H groups in total. The molecule has 1 heterocycles. The lowest BCUT2D eigenvalue weighted by atomic mass is 9.84. The van der Waals surface area contributed by atoms with Crippen LogP contribution in [0.15, 0.2) is 48.5 Å². The van der Waals surface area contributed by atoms with Gasteiger partial charge in [0.05, 0.1) is 19.6 Å². The number of nitrogens with zero attached hydrogens (tertiary/aromatic N) is 1. The number of piperazine rings is 1. The molecule has 0 aromatic heterocycles. The van der Waals surface area contributed by atoms with Crippen LogP contribution in [-0.2, 0) is 9.59 Å². The van der Waals surface area contributed by atoms with Crippen LogP contribution in [0.3, 0.4) is 0 Å². The summed E-state index contributed by atoms with van der Waals surface area (Å²) in [4.78, 5) is 40.8. The van der Waals surface area contributed by atoms with E-state index in [0.717, 1.165) is 25.7 Å². The topological polar surface area (TPSA) is 87.7 Å². The predicted octanol–water partition coefficient (Wildman–Crippen LogP) is 3.11. The van der Waals surface area contributed by atoms with Crippen molar-refractivity contribution in [3.63, 3.8) is 0 Å². The number of rotatable bonds is 5. The lowest BCUT2D eigenvalue weighted by Gasteiger charge is -2.48. The van der Waals surface area contributed by atoms with Crippen LogP contribution in [0.2, 0.25) is 0 Å². The molecule has 3 atom stereocenters. The standard InChI is InChI=1S/C24H26FN3O4/c1-32-18-6-4-5-17(13-18)26-22(29)14-21-23(30)27-19-7-2-3-8-20(19)28(21)24(31)15-9-11-16(25)12-10-15/h4-6,9-13,19-21H,2-3,7-8,14H2,1H3,(H,26,29)(H,27,30)/t19-,20-,21-/m0/s1. The number of hydrogen-bond donors (Lipinski definition) is 2. The van der Waals surface area contributed by atoms with Gasteiger partial charge in [0.15, 0.2) is 0 Å². The second kappa shape index (κ2) is 9.38. The third-order valence-electron chi connectivity index (χ3n) is 6.11. The van der Waals surface area contributed by atoms with E-state index in [-0.39, 0.29) is 36.2 Å². The average Bonchev–Trinajstić information content (AvgIpc) is 2.79. The molecule has 3 amide bonds. The molecule has 1 saturated carbocycles. The molecular formula is C24H26FN3O4. The van der Waals surface area contributed by atoms with Gasteiger partial charge in [-0.25, -0.2) is 4.39 Å². The third-order valence-corrected chi connectivity index (χ3v) is 6.11. The summed E-state index contributed by atoms with van der Waals surface area (Å²) < 4.78 is 18.6. The van der Waals surface area contributed by atoms with E-state index in [4.69, 9.17) is 4.74 Å². The van der Waals surface area contributed by atoms with E-state index in [1.54, 1.807) is 29.2 Å². The molecule has 2 aliphatic rings. The van der Waals surface area contributed by atoms with Crippen LogP contribution in [-0.4, -0.2) is 47.9 Å². The molecule has 1 aliphatic carbocycles. The molecule has 2 aromatic rings. The minimum absolute atomic E-state index is 0.140. The Hall–Kier alpha value is -3.42. The zero-order valence-electron chi connectivity index (χ0n) is 17.8. The van der Waals surface area contributed by atoms with Crippen LogP contribution in [0.1, 0.15) is 42.5 Å². The number of nitrogens with one attached hydrogen (secondary N) is 2. The average molecular weight is 439 g/mol. The number of hydrogen-bond acceptors (Lipinski definition) is 4. The van der Waals surface area contributed by atoms with Crippen molar-refractivity contribution in [1.29, 1.82) is 0 Å². The Morgan fingerprint density at radius 3 is 2.66 bits per heavy atom. The molecule has 4 rings (SSSR count). The maximum atomic E-state index is 13.4. The summed E-state index contributed by atoms with van der Waals surface area (Å²) in [6.07, 6.45) is 3.26. The van der Waals surface area contributed by atoms with Crippen molar-refractivity contribution in [3.05, 3.63) is 59.9 Å². The Morgan fingerprint density at radius 2 is 1.91 bits per heavy atom. The normalized spacial score (nSPS) is 22.5. The number of ether oxygens (including phenoxy) is 1. The van der Waals surface area contributed by atoms with Crippen LogP contribution in [0, 0.1) is 5.82 Å². The molecule has 2 fully saturated rings. The van der Waals surface area contributed by atoms with Gasteiger partial charge in [-0.1, -0.05) is 18.9 Å². The number of amides is 3. The third kappa shape index (κ3) is 4.59. The van der Waals surface area contributed by atoms with Crippen molar-refractivity contribution >= 4 is 23.4 Å². The first-order valence-corrected chi connectivity index (χ1v) is 10.8. The first-order valence-electron chi connectivity index (χ1n) is 10.8. The molecule has 0 unspecified atom stereocenters. The largest absolute Gasteiger partial charge is 0.497 e. The molecule has 7 nitrogen and oxygen atoms in total. The van der Waals surface area contributed by atoms with Gasteiger partial charge >= 0.3 is 0 Å². The zero-order chi connectivity index (χ0) is 22.7. The monoisotopic (exact) mass is 439 g/mol. The zero-order valence-corrected chi connectivity index (χ0v) is 17.8. The fourth-order valence-corrected chi connectivity index (χ4v) is 4.56. The Bertz CT molecular complexity index is 1010. The highest BCUT2D eigenvalue weighted by Crippen LogP contribution is 2.31. The second-order valence-corrected chi connectivity index (χ2v) is 8.19. The van der Waals surface area contributed by atoms with E-state index in [1.165, 1.54) is 31.4 Å². The van der Waals surface area contributed by atoms with Crippen molar-refractivity contribution < 1.29 is 23.5 Å². The van der Waals surface area contributed by atoms with Gasteiger partial charge in [0, 0.05) is 23.4 Å². The molecule has 1 aliphatic heterocycles. The number of methoxy groups -OCH3 is 1. The Labute approximate surface area is 185 Å². The van der Waals surface area contributed by atoms with Crippen molar-refractivity contribution in [3.8, 4) is 5.75 Å². The van der Waals surface area contributed by atoms with E-state index < -0.39 is 11.9 Å². The summed E-state index contributed by atoms with van der Waals surface area (Å²) in [6, 6.07) is 10.9. The first kappa shape index (κ1) is 21.8. The summed E-state index contributed by atoms with van der Waals surface area (Å²) in [5.74, 6) is -0.941. The highest BCUT2D eigenvalue weighted by atomic mass is 19.1. The van der Waals surface area contributed by atoms with E-state index in [0.29, 0.717) is 17.0 Å². The molecule has 8 heteroatoms. The van der Waals surface area contributed by atoms with Crippen LogP contribution in [0.5, 0.6) is 5.75 Å². The van der Waals surface area contributed by atoms with Gasteiger partial charge in [0.1, 0.15) is 17.6 Å². The Kier molecular flexibility index (Phi) is 6.39. The highest BCUT2D eigenvalue weighted by molar-refractivity contribution is 6.01. The van der Waals surface area contributed by atoms with Crippen molar-refractivity contribution in [2.24, 2.45) is 0 Å². The van der Waals surface area contributed by atoms with Gasteiger partial charge in [0.2, 0.25) is 11.8 Å². The highest BCUT2D eigenvalue weighted by Gasteiger charge is 2.46. The summed E-state index contributed by atoms with van der Waals surface area (Å²) in [5, 5.41) is 5.79. The van der Waals surface area contributed by atoms with Crippen LogP contribution >= 0.6 is 0 Å². The van der Waals surface area contributed by atoms with E-state index in [1.807, 2.05) is 0 Å². The molecule has 1 saturated heterocycles. The fourth-order valence-electron chi connectivity index (χ4n) is 4.56. The van der Waals surface area contributed by atoms with E-state index >= 15 is 0 Å². The van der Waals surface area contributed by atoms with Gasteiger partial charge < -0.3 is 20.3 Å². The number of fused-ring (bicyclic) bond motifs is 1. The molecule has 0 spiro atoms. The fraction of sp³-hybridized carbons (Fsp3) is 0.375. The van der Waals surface area contributed by atoms with Gasteiger partial charge in [-0.15, -0.1) is 0 Å². The molecular weight excluding hydrogens is 413 g/mol. The van der Waals surface area contributed by atoms with Gasteiger partial charge in [-0.3, -0.25) is 14.4 Å². The van der Waals surface area contributed by atoms with Crippen LogP contribution < -0.4 is 15.4 Å². The van der Waals surface area contributed by atoms with Crippen molar-refractivity contribution in [2.75, 3.05) is 12.4 Å². The molecule has 0 radical (unpaired) electrons. The van der Waals surface area contributed by atoms with Gasteiger partial charge in [-0.05, 0) is 49.2 Å². The van der Waals surface area contributed by atoms with Crippen molar-refractivity contribution in [2.45, 2.75) is 50.2 Å². The predicted molar refractivity (Wildman–Crippen MR) is 117 cm³/mol. The smallest absolute Gasteiger partial charge is 0.254 e. The second-order valence-electron chi connectivity index (χ2n) is 8.19. The van der Waals surface area contributed by atoms with Crippen LogP contribution in [0.25, 0.3) is 0 Å². The number of halogens is 1. The first-order chi connectivity index (χ1) is 15.5. The van der Waals surface area contributed by atoms with Gasteiger partial charge in [-0.2, -0.15) is 0 Å². The Morgan fingerprint density at radius 1 is 1.16 bits per heavy atom. The minimum Gasteiger partial charge on any atom is -0.497 e. The minimum atomic E-state index is -0.947. The Balaban J connectivity index is 1.58. The number of benzene rings is 2. The maximum Gasteiger partial charge on any atom is 0.254 e. The summed E-state index contributed by atoms with van der Waals surface area (Å²) >= 11 is 0. The lowest BCUT2D eigenvalue weighted by molar-refractivity contribution is -0.135. The number of anilines is 1. The molecule has 32 heavy (non-hydrogen) atoms. The lowest BCUT2D eigenvalue weighted by Crippen LogP contribution is -2.68. The quantitative estimate of drug-likeness (QED) is 0.750. The summed E-state index contributed by atoms with van der Waals surface area (Å²) in [7, 11) is 1.53. The van der Waals surface area contributed by atoms with E-state index in [9.17, 15) is 18.8 Å². The number of carbonyl (C=O) groups is 3. The molecule has 2 aromatic carbocycles. The summed E-state index contributed by atoms with van der Waals surface area (Å²) in [6.45, 7) is 0. The maximum absolute atomic E-state index is 13.4. The van der Waals surface area contributed by atoms with Crippen molar-refractivity contribution in [1.82, 2.24) is 10.2 Å². The summed E-state index contributed by atoms with van der Waals surface area (Å²) in [5.41, 5.74) is 0.834. The van der Waals surface area contributed by atoms with Crippen LogP contribution in [0.4, 0.5) is 10.1 Å². The number of carbonyl (C=O) groups excluding carboxylic acids is 3. The molecule has 0 bridgehead atoms. The molecule has 168 valence electrons. The van der Waals surface area contributed by atoms with E-state index in [2.05, 4.69) is 10.6 Å². The van der Waals surface area contributed by atoms with Gasteiger partial charge in [0.25, 0.3) is 5.91 Å². The SMILES string of the molecule is COc1cccc(NC(=O)C[C@H]2C(=O)N[C@H]3CCCC[C@@H]3N2C(=O)c2ccc(F)cc2)c1.